The number of ketones is 1. The Morgan fingerprint density at radius 1 is 0.833 bits per heavy atom. The molecule has 0 bridgehead atoms. The van der Waals surface area contributed by atoms with E-state index in [-0.39, 0.29) is 24.0 Å². The molecule has 3 nitrogen and oxygen atoms in total. The van der Waals surface area contributed by atoms with E-state index in [1.807, 2.05) is 18.2 Å². The van der Waals surface area contributed by atoms with Gasteiger partial charge in [-0.1, -0.05) is 65.7 Å². The Labute approximate surface area is 184 Å². The number of hydrogen-bond donors (Lipinski definition) is 0. The van der Waals surface area contributed by atoms with Gasteiger partial charge in [-0.15, -0.1) is 0 Å². The third-order valence-electron chi connectivity index (χ3n) is 6.01. The average Bonchev–Trinajstić information content (AvgIpc) is 2.75. The summed E-state index contributed by atoms with van der Waals surface area (Å²) in [5.74, 6) is -0.115. The van der Waals surface area contributed by atoms with E-state index >= 15 is 0 Å². The van der Waals surface area contributed by atoms with Crippen LogP contribution >= 0.6 is 23.2 Å². The van der Waals surface area contributed by atoms with Crippen LogP contribution in [0.2, 0.25) is 10.0 Å². The van der Waals surface area contributed by atoms with Crippen LogP contribution in [0.3, 0.4) is 0 Å². The minimum absolute atomic E-state index is 0.0278. The number of rotatable bonds is 2. The van der Waals surface area contributed by atoms with Gasteiger partial charge in [-0.2, -0.15) is 0 Å². The molecule has 5 rings (SSSR count). The Kier molecular flexibility index (Phi) is 4.88. The van der Waals surface area contributed by atoms with Crippen LogP contribution in [0.1, 0.15) is 37.2 Å². The van der Waals surface area contributed by atoms with Crippen LogP contribution in [-0.4, -0.2) is 11.7 Å². The van der Waals surface area contributed by atoms with Crippen molar-refractivity contribution < 1.29 is 9.59 Å². The maximum Gasteiger partial charge on any atom is 0.232 e. The first-order chi connectivity index (χ1) is 14.5. The monoisotopic (exact) mass is 435 g/mol. The second-order valence-electron chi connectivity index (χ2n) is 7.83. The number of hydrogen-bond acceptors (Lipinski definition) is 2. The Morgan fingerprint density at radius 2 is 1.63 bits per heavy atom. The van der Waals surface area contributed by atoms with Crippen molar-refractivity contribution in [2.45, 2.75) is 31.6 Å². The third-order valence-corrected chi connectivity index (χ3v) is 6.75. The summed E-state index contributed by atoms with van der Waals surface area (Å²) < 4.78 is 0. The van der Waals surface area contributed by atoms with Gasteiger partial charge in [-0.25, -0.2) is 0 Å². The zero-order chi connectivity index (χ0) is 20.8. The molecule has 0 fully saturated rings. The Hall–Kier alpha value is -2.62. The molecule has 150 valence electrons. The van der Waals surface area contributed by atoms with E-state index in [1.165, 1.54) is 0 Å². The summed E-state index contributed by atoms with van der Waals surface area (Å²) >= 11 is 12.3. The number of Topliss-reactive ketones (excluding diaryl/α,β-unsaturated/α-hetero) is 1. The molecule has 3 aromatic rings. The number of amides is 1. The lowest BCUT2D eigenvalue weighted by molar-refractivity contribution is -0.119. The molecule has 1 aliphatic heterocycles. The summed E-state index contributed by atoms with van der Waals surface area (Å²) in [4.78, 5) is 28.0. The molecule has 30 heavy (non-hydrogen) atoms. The highest BCUT2D eigenvalue weighted by atomic mass is 35.5. The zero-order valence-corrected chi connectivity index (χ0v) is 17.7. The standard InChI is InChI=1S/C25H19Cl2NO2/c26-20-11-10-18(13-21(20)27)28-22-6-3-7-23(29)25(22)19(14-24(28)30)17-9-8-15-4-1-2-5-16(15)12-17/h1-2,4-5,8-13,19H,3,6-7,14H2. The summed E-state index contributed by atoms with van der Waals surface area (Å²) in [5.41, 5.74) is 3.24. The maximum atomic E-state index is 13.3. The van der Waals surface area contributed by atoms with Crippen LogP contribution in [0.4, 0.5) is 5.69 Å². The van der Waals surface area contributed by atoms with Crippen LogP contribution in [0.25, 0.3) is 10.8 Å². The SMILES string of the molecule is O=C1CCCC2=C1C(c1ccc3ccccc3c1)CC(=O)N2c1ccc(Cl)c(Cl)c1. The van der Waals surface area contributed by atoms with Gasteiger partial charge in [0.2, 0.25) is 5.91 Å². The molecule has 3 aromatic carbocycles. The smallest absolute Gasteiger partial charge is 0.232 e. The van der Waals surface area contributed by atoms with Crippen molar-refractivity contribution >= 4 is 51.4 Å². The van der Waals surface area contributed by atoms with Gasteiger partial charge >= 0.3 is 0 Å². The normalized spacial score (nSPS) is 19.4. The predicted octanol–water partition coefficient (Wildman–Crippen LogP) is 6.67. The number of fused-ring (bicyclic) bond motifs is 1. The molecule has 0 N–H and O–H groups in total. The van der Waals surface area contributed by atoms with E-state index in [9.17, 15) is 9.59 Å². The fourth-order valence-electron chi connectivity index (χ4n) is 4.63. The molecular weight excluding hydrogens is 417 g/mol. The molecule has 0 saturated heterocycles. The van der Waals surface area contributed by atoms with Crippen LogP contribution in [0.15, 0.2) is 71.9 Å². The van der Waals surface area contributed by atoms with Crippen molar-refractivity contribution in [3.63, 3.8) is 0 Å². The second-order valence-corrected chi connectivity index (χ2v) is 8.64. The Balaban J connectivity index is 1.65. The van der Waals surface area contributed by atoms with E-state index in [0.717, 1.165) is 34.0 Å². The van der Waals surface area contributed by atoms with E-state index in [0.29, 0.717) is 28.6 Å². The highest BCUT2D eigenvalue weighted by Gasteiger charge is 2.39. The van der Waals surface area contributed by atoms with E-state index < -0.39 is 0 Å². The van der Waals surface area contributed by atoms with Gasteiger partial charge in [0.25, 0.3) is 0 Å². The van der Waals surface area contributed by atoms with E-state index in [2.05, 4.69) is 24.3 Å². The molecule has 1 amide bonds. The minimum Gasteiger partial charge on any atom is -0.294 e. The first-order valence-corrected chi connectivity index (χ1v) is 10.8. The quantitative estimate of drug-likeness (QED) is 0.450. The van der Waals surface area contributed by atoms with Crippen LogP contribution in [0.5, 0.6) is 0 Å². The maximum absolute atomic E-state index is 13.3. The highest BCUT2D eigenvalue weighted by molar-refractivity contribution is 6.42. The van der Waals surface area contributed by atoms with Crippen LogP contribution in [0, 0.1) is 0 Å². The number of allylic oxidation sites excluding steroid dienone is 2. The lowest BCUT2D eigenvalue weighted by Gasteiger charge is -2.38. The van der Waals surface area contributed by atoms with Gasteiger partial charge in [0.1, 0.15) is 0 Å². The fraction of sp³-hybridized carbons (Fsp3) is 0.200. The first kappa shape index (κ1) is 19.3. The molecule has 1 heterocycles. The van der Waals surface area contributed by atoms with Crippen molar-refractivity contribution in [2.75, 3.05) is 4.90 Å². The van der Waals surface area contributed by atoms with Gasteiger partial charge < -0.3 is 0 Å². The average molecular weight is 436 g/mol. The first-order valence-electron chi connectivity index (χ1n) is 10.1. The fourth-order valence-corrected chi connectivity index (χ4v) is 4.92. The summed E-state index contributed by atoms with van der Waals surface area (Å²) in [5, 5.41) is 3.08. The Morgan fingerprint density at radius 3 is 2.43 bits per heavy atom. The van der Waals surface area contributed by atoms with Crippen molar-refractivity contribution in [1.29, 1.82) is 0 Å². The van der Waals surface area contributed by atoms with Crippen molar-refractivity contribution in [3.05, 3.63) is 87.5 Å². The Bertz CT molecular complexity index is 1230. The number of carbonyl (C=O) groups excluding carboxylic acids is 2. The van der Waals surface area contributed by atoms with Gasteiger partial charge in [-0.3, -0.25) is 14.5 Å². The van der Waals surface area contributed by atoms with Gasteiger partial charge in [-0.05, 0) is 47.4 Å². The molecule has 1 atom stereocenters. The number of anilines is 1. The summed E-state index contributed by atoms with van der Waals surface area (Å²) in [7, 11) is 0. The van der Waals surface area contributed by atoms with Crippen molar-refractivity contribution in [2.24, 2.45) is 0 Å². The molecule has 0 aromatic heterocycles. The van der Waals surface area contributed by atoms with Crippen LogP contribution < -0.4 is 4.90 Å². The number of carbonyl (C=O) groups is 2. The molecule has 0 radical (unpaired) electrons. The van der Waals surface area contributed by atoms with Crippen molar-refractivity contribution in [3.8, 4) is 0 Å². The predicted molar refractivity (Wildman–Crippen MR) is 121 cm³/mol. The molecule has 0 spiro atoms. The summed E-state index contributed by atoms with van der Waals surface area (Å²) in [6.07, 6.45) is 2.21. The van der Waals surface area contributed by atoms with E-state index in [1.54, 1.807) is 23.1 Å². The van der Waals surface area contributed by atoms with Gasteiger partial charge in [0.15, 0.2) is 5.78 Å². The topological polar surface area (TPSA) is 37.4 Å². The molecule has 5 heteroatoms. The molecular formula is C25H19Cl2NO2. The van der Waals surface area contributed by atoms with Crippen molar-refractivity contribution in [1.82, 2.24) is 0 Å². The van der Waals surface area contributed by atoms with Crippen LogP contribution in [-0.2, 0) is 9.59 Å². The second kappa shape index (κ2) is 7.57. The van der Waals surface area contributed by atoms with E-state index in [4.69, 9.17) is 23.2 Å². The molecule has 1 aliphatic carbocycles. The largest absolute Gasteiger partial charge is 0.294 e. The minimum atomic E-state index is -0.219. The molecule has 0 saturated carbocycles. The number of halogens is 2. The third kappa shape index (κ3) is 3.23. The lowest BCUT2D eigenvalue weighted by atomic mass is 9.77. The lowest BCUT2D eigenvalue weighted by Crippen LogP contribution is -2.40. The molecule has 1 unspecified atom stereocenters. The summed E-state index contributed by atoms with van der Waals surface area (Å²) in [6, 6.07) is 19.5. The number of benzene rings is 3. The summed E-state index contributed by atoms with van der Waals surface area (Å²) in [6.45, 7) is 0. The highest BCUT2D eigenvalue weighted by Crippen LogP contribution is 2.44. The molecule has 2 aliphatic rings. The van der Waals surface area contributed by atoms with Gasteiger partial charge in [0.05, 0.1) is 15.7 Å². The number of nitrogens with zero attached hydrogens (tertiary/aromatic N) is 1. The van der Waals surface area contributed by atoms with Gasteiger partial charge in [0, 0.05) is 30.0 Å². The zero-order valence-electron chi connectivity index (χ0n) is 16.2.